The van der Waals surface area contributed by atoms with Crippen LogP contribution >= 0.6 is 11.8 Å². The predicted molar refractivity (Wildman–Crippen MR) is 123 cm³/mol. The highest BCUT2D eigenvalue weighted by Crippen LogP contribution is 2.39. The highest BCUT2D eigenvalue weighted by atomic mass is 32.2. The molecule has 2 aromatic heterocycles. The predicted octanol–water partition coefficient (Wildman–Crippen LogP) is 4.97. The van der Waals surface area contributed by atoms with Crippen molar-refractivity contribution in [3.05, 3.63) is 95.6 Å². The van der Waals surface area contributed by atoms with Crippen LogP contribution in [0.15, 0.2) is 77.3 Å². The molecule has 1 atom stereocenters. The van der Waals surface area contributed by atoms with Crippen LogP contribution in [0.3, 0.4) is 0 Å². The van der Waals surface area contributed by atoms with E-state index in [1.54, 1.807) is 30.1 Å². The maximum atomic E-state index is 10.3. The molecule has 0 spiro atoms. The first-order valence-electron chi connectivity index (χ1n) is 10.2. The van der Waals surface area contributed by atoms with Crippen LogP contribution in [0.2, 0.25) is 0 Å². The van der Waals surface area contributed by atoms with E-state index in [9.17, 15) is 5.11 Å². The molecule has 158 valence electrons. The van der Waals surface area contributed by atoms with Gasteiger partial charge in [-0.15, -0.1) is 22.0 Å². The molecule has 0 aliphatic rings. The van der Waals surface area contributed by atoms with Crippen molar-refractivity contribution in [1.82, 2.24) is 20.5 Å². The van der Waals surface area contributed by atoms with E-state index in [0.29, 0.717) is 11.8 Å². The molecular weight excluding hydrogens is 408 g/mol. The van der Waals surface area contributed by atoms with Crippen LogP contribution in [0, 0.1) is 0 Å². The van der Waals surface area contributed by atoms with Crippen LogP contribution in [0.4, 0.5) is 0 Å². The number of nitrogens with one attached hydrogen (secondary N) is 1. The molecule has 0 saturated carbocycles. The van der Waals surface area contributed by atoms with Crippen LogP contribution in [0.25, 0.3) is 11.5 Å². The molecule has 7 heteroatoms. The normalized spacial score (nSPS) is 12.0. The van der Waals surface area contributed by atoms with E-state index in [2.05, 4.69) is 27.4 Å². The summed E-state index contributed by atoms with van der Waals surface area (Å²) >= 11 is 1.65. The summed E-state index contributed by atoms with van der Waals surface area (Å²) in [4.78, 5) is 4.31. The van der Waals surface area contributed by atoms with Gasteiger partial charge in [-0.2, -0.15) is 0 Å². The Kier molecular flexibility index (Phi) is 6.96. The van der Waals surface area contributed by atoms with E-state index in [4.69, 9.17) is 4.42 Å². The van der Waals surface area contributed by atoms with E-state index in [1.807, 2.05) is 54.6 Å². The lowest BCUT2D eigenvalue weighted by Gasteiger charge is -2.13. The van der Waals surface area contributed by atoms with E-state index in [0.717, 1.165) is 41.2 Å². The topological polar surface area (TPSA) is 84.1 Å². The standard InChI is InChI=1S/C24H24N4O2S/c1-2-31-22(20-8-3-4-9-21(20)29)24-28-27-23(30-24)18-12-10-17(11-13-18)15-25-16-19-7-5-6-14-26-19/h3-14,22,25,29H,2,15-16H2,1H3. The number of hydrogen-bond acceptors (Lipinski definition) is 7. The number of aromatic hydroxyl groups is 1. The van der Waals surface area contributed by atoms with Crippen molar-refractivity contribution in [1.29, 1.82) is 0 Å². The van der Waals surface area contributed by atoms with E-state index >= 15 is 0 Å². The highest BCUT2D eigenvalue weighted by Gasteiger charge is 2.23. The first kappa shape index (κ1) is 21.1. The molecule has 2 heterocycles. The van der Waals surface area contributed by atoms with Crippen molar-refractivity contribution in [2.75, 3.05) is 5.75 Å². The molecule has 31 heavy (non-hydrogen) atoms. The molecule has 0 saturated heterocycles. The number of thioether (sulfide) groups is 1. The van der Waals surface area contributed by atoms with Gasteiger partial charge in [-0.1, -0.05) is 43.3 Å². The number of benzene rings is 2. The Labute approximate surface area is 185 Å². The first-order chi connectivity index (χ1) is 15.2. The maximum absolute atomic E-state index is 10.3. The SMILES string of the molecule is CCSC(c1nnc(-c2ccc(CNCc3ccccn3)cc2)o1)c1ccccc1O. The quantitative estimate of drug-likeness (QED) is 0.386. The Morgan fingerprint density at radius 1 is 0.968 bits per heavy atom. The molecule has 1 unspecified atom stereocenters. The highest BCUT2D eigenvalue weighted by molar-refractivity contribution is 7.99. The van der Waals surface area contributed by atoms with E-state index in [-0.39, 0.29) is 11.0 Å². The second-order valence-corrected chi connectivity index (χ2v) is 8.34. The van der Waals surface area contributed by atoms with Crippen LogP contribution in [0.5, 0.6) is 5.75 Å². The van der Waals surface area contributed by atoms with Crippen LogP contribution < -0.4 is 5.32 Å². The molecule has 2 aromatic carbocycles. The summed E-state index contributed by atoms with van der Waals surface area (Å²) in [6.45, 7) is 3.53. The van der Waals surface area contributed by atoms with Gasteiger partial charge in [0.15, 0.2) is 0 Å². The third-order valence-corrected chi connectivity index (χ3v) is 5.90. The average Bonchev–Trinajstić information content (AvgIpc) is 3.29. The van der Waals surface area contributed by atoms with Gasteiger partial charge >= 0.3 is 0 Å². The maximum Gasteiger partial charge on any atom is 0.247 e. The Morgan fingerprint density at radius 3 is 2.52 bits per heavy atom. The van der Waals surface area contributed by atoms with Crippen LogP contribution in [-0.2, 0) is 13.1 Å². The Morgan fingerprint density at radius 2 is 1.77 bits per heavy atom. The number of nitrogens with zero attached hydrogens (tertiary/aromatic N) is 3. The van der Waals surface area contributed by atoms with Crippen molar-refractivity contribution in [2.45, 2.75) is 25.3 Å². The number of rotatable bonds is 9. The van der Waals surface area contributed by atoms with Gasteiger partial charge in [-0.05, 0) is 41.6 Å². The molecule has 4 aromatic rings. The number of hydrogen-bond donors (Lipinski definition) is 2. The molecule has 0 bridgehead atoms. The fourth-order valence-corrected chi connectivity index (χ4v) is 4.18. The lowest BCUT2D eigenvalue weighted by atomic mass is 10.1. The zero-order valence-electron chi connectivity index (χ0n) is 17.2. The number of para-hydroxylation sites is 1. The van der Waals surface area contributed by atoms with Gasteiger partial charge in [0.25, 0.3) is 0 Å². The average molecular weight is 433 g/mol. The van der Waals surface area contributed by atoms with Crippen LogP contribution in [0.1, 0.15) is 34.9 Å². The second-order valence-electron chi connectivity index (χ2n) is 6.96. The summed E-state index contributed by atoms with van der Waals surface area (Å²) in [5.41, 5.74) is 3.82. The Bertz CT molecular complexity index is 1100. The third kappa shape index (κ3) is 5.31. The van der Waals surface area contributed by atoms with Gasteiger partial charge in [0, 0.05) is 30.4 Å². The molecule has 0 fully saturated rings. The summed E-state index contributed by atoms with van der Waals surface area (Å²) in [7, 11) is 0. The second kappa shape index (κ2) is 10.2. The van der Waals surface area contributed by atoms with E-state index in [1.165, 1.54) is 0 Å². The summed E-state index contributed by atoms with van der Waals surface area (Å²) in [6, 6.07) is 21.2. The molecule has 2 N–H and O–H groups in total. The lowest BCUT2D eigenvalue weighted by molar-refractivity contribution is 0.461. The largest absolute Gasteiger partial charge is 0.508 e. The lowest BCUT2D eigenvalue weighted by Crippen LogP contribution is -2.13. The van der Waals surface area contributed by atoms with Crippen molar-refractivity contribution in [3.63, 3.8) is 0 Å². The van der Waals surface area contributed by atoms with Crippen molar-refractivity contribution in [2.24, 2.45) is 0 Å². The molecular formula is C24H24N4O2S. The summed E-state index contributed by atoms with van der Waals surface area (Å²) < 4.78 is 5.99. The third-order valence-electron chi connectivity index (χ3n) is 4.78. The van der Waals surface area contributed by atoms with Gasteiger partial charge in [0.2, 0.25) is 11.8 Å². The van der Waals surface area contributed by atoms with Crippen molar-refractivity contribution in [3.8, 4) is 17.2 Å². The Hall–Kier alpha value is -3.16. The number of phenolic OH excluding ortho intramolecular Hbond substituents is 1. The van der Waals surface area contributed by atoms with Gasteiger partial charge in [-0.3, -0.25) is 4.98 Å². The minimum absolute atomic E-state index is 0.206. The van der Waals surface area contributed by atoms with Crippen molar-refractivity contribution < 1.29 is 9.52 Å². The molecule has 0 radical (unpaired) electrons. The van der Waals surface area contributed by atoms with Gasteiger partial charge in [0.05, 0.1) is 5.69 Å². The molecule has 6 nitrogen and oxygen atoms in total. The fourth-order valence-electron chi connectivity index (χ4n) is 3.23. The minimum atomic E-state index is -0.206. The van der Waals surface area contributed by atoms with Gasteiger partial charge in [0.1, 0.15) is 11.0 Å². The first-order valence-corrected chi connectivity index (χ1v) is 11.2. The number of phenols is 1. The number of pyridine rings is 1. The fraction of sp³-hybridized carbons (Fsp3) is 0.208. The van der Waals surface area contributed by atoms with Crippen molar-refractivity contribution >= 4 is 11.8 Å². The molecule has 0 aliphatic carbocycles. The molecule has 4 rings (SSSR count). The Balaban J connectivity index is 1.44. The van der Waals surface area contributed by atoms with E-state index < -0.39 is 0 Å². The van der Waals surface area contributed by atoms with Crippen LogP contribution in [-0.4, -0.2) is 26.0 Å². The van der Waals surface area contributed by atoms with Gasteiger partial charge in [-0.25, -0.2) is 0 Å². The molecule has 0 aliphatic heterocycles. The zero-order valence-corrected chi connectivity index (χ0v) is 18.0. The number of aromatic nitrogens is 3. The van der Waals surface area contributed by atoms with Gasteiger partial charge < -0.3 is 14.8 Å². The zero-order chi connectivity index (χ0) is 21.5. The summed E-state index contributed by atoms with van der Waals surface area (Å²) in [5.74, 6) is 2.05. The summed E-state index contributed by atoms with van der Waals surface area (Å²) in [6.07, 6.45) is 1.80. The smallest absolute Gasteiger partial charge is 0.247 e. The minimum Gasteiger partial charge on any atom is -0.508 e. The molecule has 0 amide bonds. The monoisotopic (exact) mass is 432 g/mol. The summed E-state index contributed by atoms with van der Waals surface area (Å²) in [5, 5.41) is 21.9.